The second-order valence-corrected chi connectivity index (χ2v) is 4.57. The van der Waals surface area contributed by atoms with Crippen molar-refractivity contribution in [2.24, 2.45) is 0 Å². The first-order valence-electron chi connectivity index (χ1n) is 6.85. The van der Waals surface area contributed by atoms with Crippen molar-refractivity contribution in [3.8, 4) is 5.75 Å². The van der Waals surface area contributed by atoms with Gasteiger partial charge in [-0.25, -0.2) is 0 Å². The second-order valence-electron chi connectivity index (χ2n) is 4.57. The van der Waals surface area contributed by atoms with Crippen LogP contribution in [0.4, 0.5) is 5.69 Å². The predicted molar refractivity (Wildman–Crippen MR) is 81.3 cm³/mol. The molecule has 2 rings (SSSR count). The third kappa shape index (κ3) is 4.29. The van der Waals surface area contributed by atoms with Crippen molar-refractivity contribution in [3.63, 3.8) is 0 Å². The highest BCUT2D eigenvalue weighted by molar-refractivity contribution is 5.34. The summed E-state index contributed by atoms with van der Waals surface area (Å²) >= 11 is 0. The van der Waals surface area contributed by atoms with E-state index in [0.717, 1.165) is 16.9 Å². The number of nitrogens with one attached hydrogen (secondary N) is 1. The zero-order valence-electron chi connectivity index (χ0n) is 11.9. The fourth-order valence-corrected chi connectivity index (χ4v) is 2.02. The van der Waals surface area contributed by atoms with Gasteiger partial charge in [-0.3, -0.25) is 10.1 Å². The van der Waals surface area contributed by atoms with Gasteiger partial charge in [0.2, 0.25) is 0 Å². The summed E-state index contributed by atoms with van der Waals surface area (Å²) in [4.78, 5) is 10.2. The molecule has 0 amide bonds. The molecule has 0 unspecified atom stereocenters. The third-order valence-electron chi connectivity index (χ3n) is 3.06. The highest BCUT2D eigenvalue weighted by Gasteiger charge is 2.05. The number of hydrogen-bond donors (Lipinski definition) is 1. The van der Waals surface area contributed by atoms with Crippen LogP contribution in [0.2, 0.25) is 0 Å². The van der Waals surface area contributed by atoms with Gasteiger partial charge in [0.05, 0.1) is 11.5 Å². The fraction of sp³-hybridized carbons (Fsp3) is 0.250. The highest BCUT2D eigenvalue weighted by Crippen LogP contribution is 2.18. The van der Waals surface area contributed by atoms with Gasteiger partial charge in [-0.1, -0.05) is 30.3 Å². The van der Waals surface area contributed by atoms with Crippen molar-refractivity contribution in [2.45, 2.75) is 20.0 Å². The summed E-state index contributed by atoms with van der Waals surface area (Å²) in [7, 11) is 0. The Kier molecular flexibility index (Phi) is 5.29. The van der Waals surface area contributed by atoms with Crippen molar-refractivity contribution in [1.82, 2.24) is 5.32 Å². The molecule has 0 aliphatic carbocycles. The monoisotopic (exact) mass is 286 g/mol. The molecule has 0 fully saturated rings. The van der Waals surface area contributed by atoms with Crippen LogP contribution in [-0.2, 0) is 13.1 Å². The van der Waals surface area contributed by atoms with E-state index in [9.17, 15) is 10.1 Å². The quantitative estimate of drug-likeness (QED) is 0.626. The first-order chi connectivity index (χ1) is 10.2. The molecular weight excluding hydrogens is 268 g/mol. The lowest BCUT2D eigenvalue weighted by atomic mass is 10.1. The molecule has 110 valence electrons. The van der Waals surface area contributed by atoms with Crippen LogP contribution in [-0.4, -0.2) is 11.5 Å². The topological polar surface area (TPSA) is 64.4 Å². The Morgan fingerprint density at radius 1 is 1.10 bits per heavy atom. The van der Waals surface area contributed by atoms with Gasteiger partial charge in [-0.2, -0.15) is 0 Å². The third-order valence-corrected chi connectivity index (χ3v) is 3.06. The van der Waals surface area contributed by atoms with E-state index in [-0.39, 0.29) is 5.69 Å². The lowest BCUT2D eigenvalue weighted by Crippen LogP contribution is -2.13. The summed E-state index contributed by atoms with van der Waals surface area (Å²) in [6.07, 6.45) is 0. The van der Waals surface area contributed by atoms with Gasteiger partial charge in [0, 0.05) is 30.8 Å². The van der Waals surface area contributed by atoms with Gasteiger partial charge in [0.1, 0.15) is 5.75 Å². The second kappa shape index (κ2) is 7.40. The van der Waals surface area contributed by atoms with Crippen molar-refractivity contribution in [3.05, 3.63) is 69.8 Å². The number of hydrogen-bond acceptors (Lipinski definition) is 4. The van der Waals surface area contributed by atoms with Crippen LogP contribution in [0.1, 0.15) is 18.1 Å². The molecule has 0 aliphatic rings. The lowest BCUT2D eigenvalue weighted by molar-refractivity contribution is -0.384. The minimum atomic E-state index is -0.393. The van der Waals surface area contributed by atoms with Crippen LogP contribution in [0.3, 0.4) is 0 Å². The van der Waals surface area contributed by atoms with E-state index in [1.54, 1.807) is 12.1 Å². The zero-order chi connectivity index (χ0) is 15.1. The lowest BCUT2D eigenvalue weighted by Gasteiger charge is -2.10. The Hall–Kier alpha value is -2.40. The van der Waals surface area contributed by atoms with Gasteiger partial charge in [0.15, 0.2) is 0 Å². The first kappa shape index (κ1) is 15.0. The summed E-state index contributed by atoms with van der Waals surface area (Å²) in [5, 5.41) is 13.9. The maximum atomic E-state index is 10.6. The Bertz CT molecular complexity index is 597. The van der Waals surface area contributed by atoms with Gasteiger partial charge in [-0.05, 0) is 18.6 Å². The molecule has 21 heavy (non-hydrogen) atoms. The zero-order valence-corrected chi connectivity index (χ0v) is 11.9. The number of nitro groups is 1. The smallest absolute Gasteiger partial charge is 0.269 e. The van der Waals surface area contributed by atoms with E-state index in [0.29, 0.717) is 19.7 Å². The molecule has 0 saturated heterocycles. The molecule has 0 heterocycles. The average Bonchev–Trinajstić information content (AvgIpc) is 2.50. The molecular formula is C16H18N2O3. The standard InChI is InChI=1S/C16H18N2O3/c1-2-21-16-6-4-3-5-14(16)12-17-11-13-7-9-15(10-8-13)18(19)20/h3-10,17H,2,11-12H2,1H3. The maximum absolute atomic E-state index is 10.6. The molecule has 0 saturated carbocycles. The molecule has 5 nitrogen and oxygen atoms in total. The van der Waals surface area contributed by atoms with Crippen molar-refractivity contribution in [2.75, 3.05) is 6.61 Å². The Morgan fingerprint density at radius 3 is 2.48 bits per heavy atom. The molecule has 5 heteroatoms. The van der Waals surface area contributed by atoms with Crippen LogP contribution in [0.5, 0.6) is 5.75 Å². The molecule has 0 bridgehead atoms. The van der Waals surface area contributed by atoms with Crippen LogP contribution >= 0.6 is 0 Å². The highest BCUT2D eigenvalue weighted by atomic mass is 16.6. The SMILES string of the molecule is CCOc1ccccc1CNCc1ccc([N+](=O)[O-])cc1. The van der Waals surface area contributed by atoms with Crippen molar-refractivity contribution < 1.29 is 9.66 Å². The van der Waals surface area contributed by atoms with Gasteiger partial charge < -0.3 is 10.1 Å². The van der Waals surface area contributed by atoms with E-state index >= 15 is 0 Å². The number of nitro benzene ring substituents is 1. The molecule has 1 N–H and O–H groups in total. The molecule has 0 aromatic heterocycles. The van der Waals surface area contributed by atoms with E-state index in [1.165, 1.54) is 12.1 Å². The average molecular weight is 286 g/mol. The largest absolute Gasteiger partial charge is 0.494 e. The minimum absolute atomic E-state index is 0.112. The maximum Gasteiger partial charge on any atom is 0.269 e. The number of nitrogens with zero attached hydrogens (tertiary/aromatic N) is 1. The van der Waals surface area contributed by atoms with Crippen LogP contribution in [0.15, 0.2) is 48.5 Å². The van der Waals surface area contributed by atoms with E-state index in [4.69, 9.17) is 4.74 Å². The molecule has 2 aromatic carbocycles. The number of para-hydroxylation sites is 1. The summed E-state index contributed by atoms with van der Waals surface area (Å²) < 4.78 is 5.57. The van der Waals surface area contributed by atoms with E-state index in [1.807, 2.05) is 31.2 Å². The molecule has 0 atom stereocenters. The molecule has 0 aliphatic heterocycles. The summed E-state index contributed by atoms with van der Waals surface area (Å²) in [5.41, 5.74) is 2.22. The number of benzene rings is 2. The Balaban J connectivity index is 1.91. The first-order valence-corrected chi connectivity index (χ1v) is 6.85. The molecule has 0 spiro atoms. The molecule has 2 aromatic rings. The molecule has 0 radical (unpaired) electrons. The van der Waals surface area contributed by atoms with Gasteiger partial charge in [0.25, 0.3) is 5.69 Å². The van der Waals surface area contributed by atoms with Gasteiger partial charge >= 0.3 is 0 Å². The van der Waals surface area contributed by atoms with Crippen molar-refractivity contribution in [1.29, 1.82) is 0 Å². The number of rotatable bonds is 7. The van der Waals surface area contributed by atoms with Crippen LogP contribution < -0.4 is 10.1 Å². The van der Waals surface area contributed by atoms with E-state index < -0.39 is 4.92 Å². The van der Waals surface area contributed by atoms with Gasteiger partial charge in [-0.15, -0.1) is 0 Å². The number of non-ortho nitro benzene ring substituents is 1. The van der Waals surface area contributed by atoms with Crippen LogP contribution in [0, 0.1) is 10.1 Å². The summed E-state index contributed by atoms with van der Waals surface area (Å²) in [6, 6.07) is 14.5. The minimum Gasteiger partial charge on any atom is -0.494 e. The summed E-state index contributed by atoms with van der Waals surface area (Å²) in [6.45, 7) is 3.94. The van der Waals surface area contributed by atoms with Crippen molar-refractivity contribution >= 4 is 5.69 Å². The Morgan fingerprint density at radius 2 is 1.81 bits per heavy atom. The summed E-state index contributed by atoms with van der Waals surface area (Å²) in [5.74, 6) is 0.885. The van der Waals surface area contributed by atoms with Crippen LogP contribution in [0.25, 0.3) is 0 Å². The van der Waals surface area contributed by atoms with E-state index in [2.05, 4.69) is 5.32 Å². The predicted octanol–water partition coefficient (Wildman–Crippen LogP) is 3.28. The number of ether oxygens (including phenoxy) is 1. The normalized spacial score (nSPS) is 10.3. The fourth-order valence-electron chi connectivity index (χ4n) is 2.02. The Labute approximate surface area is 123 Å².